The first-order valence-electron chi connectivity index (χ1n) is 6.35. The molecule has 0 aromatic heterocycles. The van der Waals surface area contributed by atoms with Crippen molar-refractivity contribution in [3.05, 3.63) is 28.2 Å². The summed E-state index contributed by atoms with van der Waals surface area (Å²) in [5.74, 6) is -0.225. The number of likely N-dealkylation sites (tertiary alicyclic amines) is 1. The first-order chi connectivity index (χ1) is 9.33. The molecule has 1 aliphatic heterocycles. The average Bonchev–Trinajstić information content (AvgIpc) is 2.31. The van der Waals surface area contributed by atoms with Crippen LogP contribution in [0.15, 0.2) is 22.7 Å². The molecule has 0 aliphatic carbocycles. The number of rotatable bonds is 3. The van der Waals surface area contributed by atoms with Gasteiger partial charge in [-0.2, -0.15) is 0 Å². The molecule has 3 nitrogen and oxygen atoms in total. The quantitative estimate of drug-likeness (QED) is 0.857. The highest BCUT2D eigenvalue weighted by molar-refractivity contribution is 9.10. The van der Waals surface area contributed by atoms with Crippen LogP contribution in [0, 0.1) is 0 Å². The van der Waals surface area contributed by atoms with Crippen LogP contribution in [-0.2, 0) is 6.54 Å². The molecule has 1 aromatic rings. The summed E-state index contributed by atoms with van der Waals surface area (Å²) in [5, 5.41) is 0. The molecule has 1 aliphatic rings. The molecule has 1 aromatic carbocycles. The van der Waals surface area contributed by atoms with Crippen molar-refractivity contribution in [2.45, 2.75) is 31.8 Å². The van der Waals surface area contributed by atoms with E-state index in [4.69, 9.17) is 5.73 Å². The van der Waals surface area contributed by atoms with Gasteiger partial charge in [0.05, 0.1) is 4.47 Å². The Hall–Kier alpha value is -0.500. The monoisotopic (exact) mass is 388 g/mol. The Kier molecular flexibility index (Phi) is 6.77. The van der Waals surface area contributed by atoms with Crippen molar-refractivity contribution in [2.24, 2.45) is 5.73 Å². The number of ether oxygens (including phenoxy) is 1. The molecule has 120 valence electrons. The van der Waals surface area contributed by atoms with E-state index in [2.05, 4.69) is 25.6 Å². The fourth-order valence-electron chi connectivity index (χ4n) is 2.34. The van der Waals surface area contributed by atoms with E-state index in [9.17, 15) is 13.2 Å². The largest absolute Gasteiger partial charge is 0.573 e. The molecule has 0 bridgehead atoms. The Morgan fingerprint density at radius 1 is 1.38 bits per heavy atom. The topological polar surface area (TPSA) is 38.5 Å². The molecule has 1 saturated heterocycles. The number of benzene rings is 1. The molecule has 0 saturated carbocycles. The molecule has 1 heterocycles. The van der Waals surface area contributed by atoms with Crippen LogP contribution in [0.2, 0.25) is 0 Å². The number of halogens is 5. The number of piperidine rings is 1. The SMILES string of the molecule is Cl.NC1CCCN(Cc2ccc(OC(F)(F)F)c(Br)c2)C1. The van der Waals surface area contributed by atoms with Gasteiger partial charge in [-0.1, -0.05) is 6.07 Å². The molecule has 2 N–H and O–H groups in total. The fourth-order valence-corrected chi connectivity index (χ4v) is 2.85. The van der Waals surface area contributed by atoms with E-state index in [1.54, 1.807) is 12.1 Å². The van der Waals surface area contributed by atoms with E-state index in [-0.39, 0.29) is 24.2 Å². The smallest absolute Gasteiger partial charge is 0.405 e. The molecule has 2 rings (SSSR count). The molecule has 1 atom stereocenters. The van der Waals surface area contributed by atoms with Gasteiger partial charge in [-0.3, -0.25) is 4.90 Å². The van der Waals surface area contributed by atoms with E-state index in [0.717, 1.165) is 31.5 Å². The Labute approximate surface area is 136 Å². The lowest BCUT2D eigenvalue weighted by Crippen LogP contribution is -2.42. The normalized spacial score (nSPS) is 20.0. The van der Waals surface area contributed by atoms with Crippen LogP contribution in [0.1, 0.15) is 18.4 Å². The highest BCUT2D eigenvalue weighted by Crippen LogP contribution is 2.31. The van der Waals surface area contributed by atoms with Crippen LogP contribution >= 0.6 is 28.3 Å². The van der Waals surface area contributed by atoms with Gasteiger partial charge >= 0.3 is 6.36 Å². The van der Waals surface area contributed by atoms with E-state index < -0.39 is 6.36 Å². The standard InChI is InChI=1S/C13H16BrF3N2O.ClH/c14-11-6-9(3-4-12(11)20-13(15,16)17)7-19-5-1-2-10(18)8-19;/h3-4,6,10H,1-2,5,7-8,18H2;1H. The zero-order valence-corrected chi connectivity index (χ0v) is 13.6. The summed E-state index contributed by atoms with van der Waals surface area (Å²) in [6, 6.07) is 4.81. The number of nitrogens with two attached hydrogens (primary N) is 1. The van der Waals surface area contributed by atoms with Crippen molar-refractivity contribution in [1.29, 1.82) is 0 Å². The molecule has 0 radical (unpaired) electrons. The minimum Gasteiger partial charge on any atom is -0.405 e. The van der Waals surface area contributed by atoms with Gasteiger partial charge in [0.25, 0.3) is 0 Å². The molecule has 1 fully saturated rings. The number of nitrogens with zero attached hydrogens (tertiary/aromatic N) is 1. The summed E-state index contributed by atoms with van der Waals surface area (Å²) in [6.45, 7) is 2.46. The van der Waals surface area contributed by atoms with Crippen molar-refractivity contribution in [3.8, 4) is 5.75 Å². The Bertz CT molecular complexity index is 473. The molecule has 0 spiro atoms. The van der Waals surface area contributed by atoms with Crippen molar-refractivity contribution < 1.29 is 17.9 Å². The predicted octanol–water partition coefficient (Wildman–Crippen LogP) is 3.69. The van der Waals surface area contributed by atoms with Crippen LogP contribution in [0.25, 0.3) is 0 Å². The summed E-state index contributed by atoms with van der Waals surface area (Å²) in [4.78, 5) is 2.21. The number of hydrogen-bond acceptors (Lipinski definition) is 3. The van der Waals surface area contributed by atoms with Gasteiger partial charge in [0.15, 0.2) is 0 Å². The molecule has 21 heavy (non-hydrogen) atoms. The fraction of sp³-hybridized carbons (Fsp3) is 0.538. The van der Waals surface area contributed by atoms with E-state index in [1.165, 1.54) is 6.07 Å². The van der Waals surface area contributed by atoms with E-state index >= 15 is 0 Å². The summed E-state index contributed by atoms with van der Waals surface area (Å²) in [7, 11) is 0. The highest BCUT2D eigenvalue weighted by atomic mass is 79.9. The zero-order valence-electron chi connectivity index (χ0n) is 11.2. The van der Waals surface area contributed by atoms with Crippen LogP contribution in [0.3, 0.4) is 0 Å². The van der Waals surface area contributed by atoms with Crippen LogP contribution < -0.4 is 10.5 Å². The molecule has 0 amide bonds. The minimum atomic E-state index is -4.68. The Balaban J connectivity index is 0.00000220. The zero-order chi connectivity index (χ0) is 14.8. The Morgan fingerprint density at radius 2 is 2.10 bits per heavy atom. The second-order valence-electron chi connectivity index (χ2n) is 4.95. The van der Waals surface area contributed by atoms with Gasteiger partial charge in [0, 0.05) is 19.1 Å². The van der Waals surface area contributed by atoms with Crippen LogP contribution in [-0.4, -0.2) is 30.4 Å². The summed E-state index contributed by atoms with van der Waals surface area (Å²) in [6.07, 6.45) is -2.60. The third-order valence-electron chi connectivity index (χ3n) is 3.17. The summed E-state index contributed by atoms with van der Waals surface area (Å²) < 4.78 is 40.7. The van der Waals surface area contributed by atoms with Crippen molar-refractivity contribution >= 4 is 28.3 Å². The van der Waals surface area contributed by atoms with Gasteiger partial charge in [0.1, 0.15) is 5.75 Å². The first kappa shape index (κ1) is 18.5. The van der Waals surface area contributed by atoms with E-state index in [1.807, 2.05) is 0 Å². The van der Waals surface area contributed by atoms with Gasteiger partial charge in [0.2, 0.25) is 0 Å². The van der Waals surface area contributed by atoms with Crippen molar-refractivity contribution in [1.82, 2.24) is 4.90 Å². The third-order valence-corrected chi connectivity index (χ3v) is 3.79. The second-order valence-corrected chi connectivity index (χ2v) is 5.80. The maximum atomic E-state index is 12.2. The van der Waals surface area contributed by atoms with Crippen LogP contribution in [0.4, 0.5) is 13.2 Å². The molecular formula is C13H17BrClF3N2O. The van der Waals surface area contributed by atoms with Crippen molar-refractivity contribution in [3.63, 3.8) is 0 Å². The predicted molar refractivity (Wildman–Crippen MR) is 80.6 cm³/mol. The van der Waals surface area contributed by atoms with Gasteiger partial charge in [-0.15, -0.1) is 25.6 Å². The third kappa shape index (κ3) is 6.02. The van der Waals surface area contributed by atoms with Gasteiger partial charge in [-0.05, 0) is 53.0 Å². The lowest BCUT2D eigenvalue weighted by Gasteiger charge is -2.30. The lowest BCUT2D eigenvalue weighted by molar-refractivity contribution is -0.274. The number of hydrogen-bond donors (Lipinski definition) is 1. The molecular weight excluding hydrogens is 373 g/mol. The molecule has 8 heteroatoms. The second kappa shape index (κ2) is 7.67. The Morgan fingerprint density at radius 3 is 2.67 bits per heavy atom. The number of alkyl halides is 3. The average molecular weight is 390 g/mol. The lowest BCUT2D eigenvalue weighted by atomic mass is 10.1. The maximum Gasteiger partial charge on any atom is 0.573 e. The van der Waals surface area contributed by atoms with Crippen LogP contribution in [0.5, 0.6) is 5.75 Å². The van der Waals surface area contributed by atoms with E-state index in [0.29, 0.717) is 11.0 Å². The maximum absolute atomic E-state index is 12.2. The summed E-state index contributed by atoms with van der Waals surface area (Å²) >= 11 is 3.11. The first-order valence-corrected chi connectivity index (χ1v) is 7.15. The van der Waals surface area contributed by atoms with Gasteiger partial charge < -0.3 is 10.5 Å². The molecule has 1 unspecified atom stereocenters. The highest BCUT2D eigenvalue weighted by Gasteiger charge is 2.32. The van der Waals surface area contributed by atoms with Crippen molar-refractivity contribution in [2.75, 3.05) is 13.1 Å². The minimum absolute atomic E-state index is 0. The van der Waals surface area contributed by atoms with Gasteiger partial charge in [-0.25, -0.2) is 0 Å². The summed E-state index contributed by atoms with van der Waals surface area (Å²) in [5.41, 5.74) is 6.84.